The van der Waals surface area contributed by atoms with Crippen molar-refractivity contribution in [3.8, 4) is 0 Å². The fourth-order valence-corrected chi connectivity index (χ4v) is 3.73. The summed E-state index contributed by atoms with van der Waals surface area (Å²) in [5, 5.41) is 7.63. The first kappa shape index (κ1) is 23.2. The first-order valence-electron chi connectivity index (χ1n) is 10.2. The van der Waals surface area contributed by atoms with Crippen molar-refractivity contribution in [3.05, 3.63) is 65.1 Å². The zero-order chi connectivity index (χ0) is 23.1. The lowest BCUT2D eigenvalue weighted by molar-refractivity contribution is -0.117. The van der Waals surface area contributed by atoms with Crippen molar-refractivity contribution in [1.29, 1.82) is 0 Å². The normalized spacial score (nSPS) is 10.8. The number of nitrogens with one attached hydrogen (secondary N) is 2. The predicted molar refractivity (Wildman–Crippen MR) is 124 cm³/mol. The molecular weight excluding hydrogens is 428 g/mol. The molecule has 0 atom stereocenters. The van der Waals surface area contributed by atoms with E-state index in [4.69, 9.17) is 4.42 Å². The van der Waals surface area contributed by atoms with Crippen molar-refractivity contribution in [3.63, 3.8) is 0 Å². The van der Waals surface area contributed by atoms with Crippen LogP contribution in [0.1, 0.15) is 35.7 Å². The molecule has 0 fully saturated rings. The molecule has 3 amide bonds. The van der Waals surface area contributed by atoms with Crippen molar-refractivity contribution in [2.45, 2.75) is 27.2 Å². The fourth-order valence-electron chi connectivity index (χ4n) is 3.00. The van der Waals surface area contributed by atoms with Gasteiger partial charge in [-0.15, -0.1) is 11.3 Å². The first-order valence-corrected chi connectivity index (χ1v) is 11.1. The van der Waals surface area contributed by atoms with E-state index < -0.39 is 0 Å². The Morgan fingerprint density at radius 2 is 1.84 bits per heavy atom. The van der Waals surface area contributed by atoms with E-state index in [1.165, 1.54) is 22.5 Å². The summed E-state index contributed by atoms with van der Waals surface area (Å²) in [7, 11) is 0. The van der Waals surface area contributed by atoms with Gasteiger partial charge in [0.15, 0.2) is 10.9 Å². The van der Waals surface area contributed by atoms with E-state index in [1.54, 1.807) is 17.5 Å². The van der Waals surface area contributed by atoms with Gasteiger partial charge in [0.2, 0.25) is 11.8 Å². The zero-order valence-electron chi connectivity index (χ0n) is 18.3. The van der Waals surface area contributed by atoms with Gasteiger partial charge < -0.3 is 20.0 Å². The highest BCUT2D eigenvalue weighted by molar-refractivity contribution is 7.13. The lowest BCUT2D eigenvalue weighted by Gasteiger charge is -2.22. The number of carbonyl (C=O) groups is 3. The Kier molecular flexibility index (Phi) is 7.77. The van der Waals surface area contributed by atoms with Crippen molar-refractivity contribution < 1.29 is 18.8 Å². The maximum atomic E-state index is 12.6. The van der Waals surface area contributed by atoms with Crippen molar-refractivity contribution in [1.82, 2.24) is 9.88 Å². The highest BCUT2D eigenvalue weighted by Gasteiger charge is 2.22. The van der Waals surface area contributed by atoms with Gasteiger partial charge in [0.25, 0.3) is 5.91 Å². The quantitative estimate of drug-likeness (QED) is 0.509. The van der Waals surface area contributed by atoms with Crippen LogP contribution in [-0.2, 0) is 16.0 Å². The number of amides is 3. The number of aromatic nitrogens is 1. The molecule has 0 bridgehead atoms. The molecule has 2 N–H and O–H groups in total. The second-order valence-corrected chi connectivity index (χ2v) is 8.70. The molecule has 3 rings (SSSR count). The van der Waals surface area contributed by atoms with Gasteiger partial charge in [-0.3, -0.25) is 14.4 Å². The number of benzene rings is 1. The molecule has 9 heteroatoms. The molecule has 0 unspecified atom stereocenters. The van der Waals surface area contributed by atoms with Crippen LogP contribution in [0.5, 0.6) is 0 Å². The van der Waals surface area contributed by atoms with Crippen LogP contribution in [0.2, 0.25) is 0 Å². The largest absolute Gasteiger partial charge is 0.459 e. The van der Waals surface area contributed by atoms with Crippen LogP contribution < -0.4 is 10.6 Å². The standard InChI is InChI=1S/C23H26N4O4S/c1-15(2)12-27(22(30)19-5-4-10-31-19)13-21(29)26-23-25-18(14-32-23)11-20(28)24-17-8-6-16(3)7-9-17/h4-10,14-15H,11-13H2,1-3H3,(H,24,28)(H,25,26,29). The van der Waals surface area contributed by atoms with Crippen molar-refractivity contribution in [2.24, 2.45) is 5.92 Å². The van der Waals surface area contributed by atoms with Gasteiger partial charge in [0, 0.05) is 17.6 Å². The summed E-state index contributed by atoms with van der Waals surface area (Å²) in [5.74, 6) is -0.527. The Morgan fingerprint density at radius 3 is 2.50 bits per heavy atom. The highest BCUT2D eigenvalue weighted by atomic mass is 32.1. The number of nitrogens with zero attached hydrogens (tertiary/aromatic N) is 2. The summed E-state index contributed by atoms with van der Waals surface area (Å²) >= 11 is 1.23. The summed E-state index contributed by atoms with van der Waals surface area (Å²) in [6.45, 7) is 6.20. The third-order valence-corrected chi connectivity index (χ3v) is 5.22. The molecule has 1 aromatic carbocycles. The number of carbonyl (C=O) groups excluding carboxylic acids is 3. The lowest BCUT2D eigenvalue weighted by Crippen LogP contribution is -2.40. The summed E-state index contributed by atoms with van der Waals surface area (Å²) in [5.41, 5.74) is 2.39. The number of furan rings is 1. The van der Waals surface area contributed by atoms with E-state index in [1.807, 2.05) is 45.0 Å². The summed E-state index contributed by atoms with van der Waals surface area (Å²) in [6.07, 6.45) is 1.52. The number of rotatable bonds is 9. The Balaban J connectivity index is 1.55. The molecule has 0 saturated heterocycles. The molecule has 0 spiro atoms. The van der Waals surface area contributed by atoms with Gasteiger partial charge in [0.05, 0.1) is 18.4 Å². The average molecular weight is 455 g/mol. The SMILES string of the molecule is Cc1ccc(NC(=O)Cc2csc(NC(=O)CN(CC(C)C)C(=O)c3ccco3)n2)cc1. The van der Waals surface area contributed by atoms with Crippen LogP contribution >= 0.6 is 11.3 Å². The van der Waals surface area contributed by atoms with E-state index in [9.17, 15) is 14.4 Å². The van der Waals surface area contributed by atoms with E-state index in [-0.39, 0.29) is 42.4 Å². The molecule has 0 saturated carbocycles. The molecule has 168 valence electrons. The third kappa shape index (κ3) is 6.78. The Morgan fingerprint density at radius 1 is 1.09 bits per heavy atom. The minimum absolute atomic E-state index is 0.0939. The van der Waals surface area contributed by atoms with Gasteiger partial charge >= 0.3 is 0 Å². The maximum absolute atomic E-state index is 12.6. The lowest BCUT2D eigenvalue weighted by atomic mass is 10.2. The molecule has 32 heavy (non-hydrogen) atoms. The summed E-state index contributed by atoms with van der Waals surface area (Å²) in [4.78, 5) is 43.2. The Hall–Kier alpha value is -3.46. The zero-order valence-corrected chi connectivity index (χ0v) is 19.1. The fraction of sp³-hybridized carbons (Fsp3) is 0.304. The Labute approximate surface area is 190 Å². The van der Waals surface area contributed by atoms with Gasteiger partial charge in [-0.25, -0.2) is 4.98 Å². The van der Waals surface area contributed by atoms with Crippen LogP contribution in [0.25, 0.3) is 0 Å². The van der Waals surface area contributed by atoms with Gasteiger partial charge in [-0.1, -0.05) is 31.5 Å². The van der Waals surface area contributed by atoms with Gasteiger partial charge in [0.1, 0.15) is 6.54 Å². The van der Waals surface area contributed by atoms with Crippen LogP contribution in [-0.4, -0.2) is 40.7 Å². The van der Waals surface area contributed by atoms with Gasteiger partial charge in [-0.2, -0.15) is 0 Å². The Bertz CT molecular complexity index is 1060. The molecule has 3 aromatic rings. The van der Waals surface area contributed by atoms with Crippen LogP contribution in [0, 0.1) is 12.8 Å². The molecule has 0 aliphatic rings. The van der Waals surface area contributed by atoms with Crippen molar-refractivity contribution in [2.75, 3.05) is 23.7 Å². The minimum Gasteiger partial charge on any atom is -0.459 e. The van der Waals surface area contributed by atoms with E-state index in [0.717, 1.165) is 11.3 Å². The highest BCUT2D eigenvalue weighted by Crippen LogP contribution is 2.17. The topological polar surface area (TPSA) is 105 Å². The van der Waals surface area contributed by atoms with Crippen LogP contribution in [0.15, 0.2) is 52.5 Å². The second kappa shape index (κ2) is 10.7. The number of hydrogen-bond acceptors (Lipinski definition) is 6. The predicted octanol–water partition coefficient (Wildman–Crippen LogP) is 3.96. The molecule has 0 radical (unpaired) electrons. The molecule has 2 heterocycles. The monoisotopic (exact) mass is 454 g/mol. The van der Waals surface area contributed by atoms with Crippen molar-refractivity contribution >= 4 is 39.9 Å². The maximum Gasteiger partial charge on any atom is 0.290 e. The number of aryl methyl sites for hydroxylation is 1. The summed E-state index contributed by atoms with van der Waals surface area (Å²) in [6, 6.07) is 10.7. The number of anilines is 2. The molecule has 2 aromatic heterocycles. The van der Waals surface area contributed by atoms with E-state index in [2.05, 4.69) is 15.6 Å². The number of thiazole rings is 1. The molecule has 0 aliphatic heterocycles. The second-order valence-electron chi connectivity index (χ2n) is 7.84. The average Bonchev–Trinajstić information content (AvgIpc) is 3.40. The van der Waals surface area contributed by atoms with Crippen LogP contribution in [0.4, 0.5) is 10.8 Å². The first-order chi connectivity index (χ1) is 15.3. The third-order valence-electron chi connectivity index (χ3n) is 4.41. The van der Waals surface area contributed by atoms with Crippen LogP contribution in [0.3, 0.4) is 0 Å². The number of hydrogen-bond donors (Lipinski definition) is 2. The van der Waals surface area contributed by atoms with E-state index >= 15 is 0 Å². The smallest absolute Gasteiger partial charge is 0.290 e. The summed E-state index contributed by atoms with van der Waals surface area (Å²) < 4.78 is 5.18. The molecular formula is C23H26N4O4S. The van der Waals surface area contributed by atoms with Gasteiger partial charge in [-0.05, 0) is 37.1 Å². The molecule has 8 nitrogen and oxygen atoms in total. The minimum atomic E-state index is -0.365. The van der Waals surface area contributed by atoms with E-state index in [0.29, 0.717) is 17.4 Å². The molecule has 0 aliphatic carbocycles.